The number of non-ortho nitro benzene ring substituents is 2. The molecule has 23 nitrogen and oxygen atoms in total. The summed E-state index contributed by atoms with van der Waals surface area (Å²) >= 11 is 0. The third-order valence-electron chi connectivity index (χ3n) is 25.1. The molecule has 8 aliphatic rings. The molecule has 3 aromatic heterocycles. The molecule has 4 spiro atoms. The summed E-state index contributed by atoms with van der Waals surface area (Å²) in [6.07, 6.45) is 14.2. The van der Waals surface area contributed by atoms with Crippen LogP contribution in [0.15, 0.2) is 139 Å². The van der Waals surface area contributed by atoms with Crippen LogP contribution in [-0.2, 0) is 12.1 Å². The van der Waals surface area contributed by atoms with Crippen molar-refractivity contribution in [1.29, 1.82) is 0 Å². The number of rotatable bonds is 18. The fourth-order valence-electron chi connectivity index (χ4n) is 17.8. The van der Waals surface area contributed by atoms with Gasteiger partial charge in [0.05, 0.1) is 41.7 Å². The molecule has 8 fully saturated rings. The number of benzene rings is 4. The number of hydrogen-bond acceptors (Lipinski definition) is 19. The van der Waals surface area contributed by atoms with Gasteiger partial charge in [0.15, 0.2) is 11.5 Å². The fraction of sp³-hybridized carbons (Fsp3) is 0.561. The average molecular weight is 1540 g/mol. The van der Waals surface area contributed by atoms with Gasteiger partial charge in [-0.25, -0.2) is 45.7 Å². The number of nitrogens with two attached hydrogens (primary N) is 1. The zero-order valence-corrected chi connectivity index (χ0v) is 64.1. The van der Waals surface area contributed by atoms with Crippen molar-refractivity contribution in [3.05, 3.63) is 170 Å². The highest BCUT2D eigenvalue weighted by Crippen LogP contribution is 2.46. The van der Waals surface area contributed by atoms with Crippen LogP contribution in [0.3, 0.4) is 0 Å². The minimum absolute atomic E-state index is 0.0619. The van der Waals surface area contributed by atoms with Crippen LogP contribution in [0, 0.1) is 41.9 Å². The second-order valence-corrected chi connectivity index (χ2v) is 32.4. The van der Waals surface area contributed by atoms with E-state index in [2.05, 4.69) is 71.0 Å². The van der Waals surface area contributed by atoms with Gasteiger partial charge in [0, 0.05) is 117 Å². The first-order valence-corrected chi connectivity index (χ1v) is 39.5. The minimum Gasteiger partial charge on any atom is -0.399 e. The van der Waals surface area contributed by atoms with Gasteiger partial charge in [-0.2, -0.15) is 4.98 Å². The summed E-state index contributed by atoms with van der Waals surface area (Å²) in [7, 11) is 0. The molecular formula is C82H109F6N17O6. The lowest BCUT2D eigenvalue weighted by atomic mass is 9.71. The second kappa shape index (κ2) is 36.3. The quantitative estimate of drug-likeness (QED) is 0.0205. The number of aliphatic hydroxyl groups is 1. The van der Waals surface area contributed by atoms with Crippen LogP contribution in [0.2, 0.25) is 0 Å². The number of likely N-dealkylation sites (tertiary alicyclic amines) is 3. The van der Waals surface area contributed by atoms with Crippen LogP contribution in [0.5, 0.6) is 0 Å². The first kappa shape index (κ1) is 81.6. The molecule has 0 unspecified atom stereocenters. The number of alkyl halides is 6. The van der Waals surface area contributed by atoms with Crippen molar-refractivity contribution in [2.45, 2.75) is 148 Å². The maximum absolute atomic E-state index is 13.3. The van der Waals surface area contributed by atoms with Gasteiger partial charge < -0.3 is 41.1 Å². The van der Waals surface area contributed by atoms with E-state index in [0.717, 1.165) is 197 Å². The van der Waals surface area contributed by atoms with E-state index in [1.165, 1.54) is 55.1 Å². The molecule has 8 aliphatic heterocycles. The highest BCUT2D eigenvalue weighted by atomic mass is 19.3. The zero-order chi connectivity index (χ0) is 78.5. The number of pyridine rings is 1. The molecule has 11 heterocycles. The van der Waals surface area contributed by atoms with Gasteiger partial charge in [0.1, 0.15) is 11.0 Å². The Morgan fingerprint density at radius 1 is 0.532 bits per heavy atom. The first-order valence-electron chi connectivity index (χ1n) is 39.5. The maximum atomic E-state index is 13.3. The third kappa shape index (κ3) is 21.1. The van der Waals surface area contributed by atoms with E-state index in [-0.39, 0.29) is 63.8 Å². The molecule has 8 saturated heterocycles. The highest BCUT2D eigenvalue weighted by Gasteiger charge is 2.42. The van der Waals surface area contributed by atoms with Crippen LogP contribution < -0.4 is 41.5 Å². The lowest BCUT2D eigenvalue weighted by Crippen LogP contribution is -2.47. The number of nitrogen functional groups attached to an aromatic ring is 1. The Hall–Kier alpha value is -8.90. The van der Waals surface area contributed by atoms with Gasteiger partial charge in [0.25, 0.3) is 36.2 Å². The van der Waals surface area contributed by atoms with Crippen LogP contribution in [0.1, 0.15) is 122 Å². The number of hydrogen-bond donors (Lipinski definition) is 4. The highest BCUT2D eigenvalue weighted by molar-refractivity contribution is 5.77. The van der Waals surface area contributed by atoms with Crippen molar-refractivity contribution in [3.63, 3.8) is 0 Å². The fourth-order valence-corrected chi connectivity index (χ4v) is 17.8. The molecule has 600 valence electrons. The van der Waals surface area contributed by atoms with E-state index in [9.17, 15) is 56.5 Å². The Morgan fingerprint density at radius 2 is 0.883 bits per heavy atom. The summed E-state index contributed by atoms with van der Waals surface area (Å²) in [6, 6.07) is 35.1. The molecule has 111 heavy (non-hydrogen) atoms. The number of anilines is 7. The van der Waals surface area contributed by atoms with Gasteiger partial charge in [-0.1, -0.05) is 12.1 Å². The lowest BCUT2D eigenvalue weighted by molar-refractivity contribution is -0.385. The number of halogens is 6. The Bertz CT molecular complexity index is 4210. The molecule has 0 amide bonds. The van der Waals surface area contributed by atoms with E-state index >= 15 is 0 Å². The summed E-state index contributed by atoms with van der Waals surface area (Å²) < 4.78 is 78.6. The van der Waals surface area contributed by atoms with E-state index in [0.29, 0.717) is 39.3 Å². The van der Waals surface area contributed by atoms with Crippen LogP contribution in [0.25, 0.3) is 16.9 Å². The molecule has 0 radical (unpaired) electrons. The van der Waals surface area contributed by atoms with Crippen LogP contribution in [-0.4, -0.2) is 198 Å². The molecule has 7 aromatic rings. The molecule has 0 atom stereocenters. The smallest absolute Gasteiger partial charge is 0.278 e. The van der Waals surface area contributed by atoms with Crippen molar-refractivity contribution in [2.24, 2.45) is 21.7 Å². The Balaban J connectivity index is 0.000000147. The number of allylic oxidation sites excluding steroid dienone is 1. The van der Waals surface area contributed by atoms with Gasteiger partial charge >= 0.3 is 0 Å². The predicted molar refractivity (Wildman–Crippen MR) is 426 cm³/mol. The minimum atomic E-state index is -2.26. The van der Waals surface area contributed by atoms with E-state index in [4.69, 9.17) is 10.7 Å². The largest absolute Gasteiger partial charge is 0.399 e. The maximum Gasteiger partial charge on any atom is 0.278 e. The number of nitro groups is 2. The second-order valence-electron chi connectivity index (χ2n) is 32.4. The van der Waals surface area contributed by atoms with Crippen LogP contribution in [0.4, 0.5) is 77.8 Å². The predicted octanol–water partition coefficient (Wildman–Crippen LogP) is 14.4. The first-order chi connectivity index (χ1) is 53.3. The number of nitro benzene ring substituents is 2. The number of nitrogens with one attached hydrogen (secondary N) is 2. The Labute approximate surface area is 646 Å². The topological polar surface area (TPSA) is 245 Å². The zero-order valence-electron chi connectivity index (χ0n) is 64.1. The molecule has 0 saturated carbocycles. The van der Waals surface area contributed by atoms with Gasteiger partial charge in [-0.05, 0) is 276 Å². The molecule has 0 bridgehead atoms. The summed E-state index contributed by atoms with van der Waals surface area (Å²) in [5.74, 6) is 0.774. The average Bonchev–Trinajstić information content (AvgIpc) is 1.59. The standard InChI is InChI=1S/C33H40F2N8O2.C17H23F2N3O2.C17H25F2N3.C15H21N3O2/c1-4-16-42-30(44)25-21-36-31(39-29(25)43(42)28-7-5-6-26(38-28)32(2,3)45)37-23-8-10-24(11-9-23)41-19-14-33(15-20-41)12-17-40(18-13-33)22-27(34)35;18-16(19)13-20-9-5-17(6-10-20)7-11-21(12-8-17)14-1-3-15(4-2-14)22(23)24;18-16(19)13-21-9-5-17(6-10-21)7-11-22(12-8-17)15-3-1-14(20)2-4-15;19-18(20)14-3-1-13(2-4-14)17-11-7-15(8-12-17)5-9-16-10-6-15/h4-11,21,27,45H,1,12-20,22H2,2-3H3,(H,36,37,39);1-4,16H,5-13H2;1-4,16H,5-13,20H2;1-4,16H,5-12H2. The summed E-state index contributed by atoms with van der Waals surface area (Å²) in [6.45, 7) is 22.1. The summed E-state index contributed by atoms with van der Waals surface area (Å²) in [5, 5.41) is 39.0. The molecule has 0 aliphatic carbocycles. The molecule has 4 aromatic carbocycles. The van der Waals surface area contributed by atoms with Gasteiger partial charge in [0.2, 0.25) is 5.95 Å². The summed E-state index contributed by atoms with van der Waals surface area (Å²) in [4.78, 5) is 62.8. The van der Waals surface area contributed by atoms with Crippen molar-refractivity contribution in [2.75, 3.05) is 155 Å². The van der Waals surface area contributed by atoms with Crippen molar-refractivity contribution >= 4 is 62.5 Å². The van der Waals surface area contributed by atoms with Crippen LogP contribution >= 0.6 is 0 Å². The van der Waals surface area contributed by atoms with E-state index < -0.39 is 24.9 Å². The Morgan fingerprint density at radius 3 is 1.23 bits per heavy atom. The van der Waals surface area contributed by atoms with Crippen molar-refractivity contribution in [1.82, 2.24) is 44.3 Å². The SMILES string of the molecule is C=CCn1c(=O)c2cnc(Nc3ccc(N4CCC5(CCN(CC(F)F)CC5)CC4)cc3)nc2n1-c1cccc(C(C)(C)O)n1.Nc1ccc(N2CCC3(CCN(CC(F)F)CC3)CC2)cc1.O=[N+]([O-])c1ccc(N2CCC3(CCN(CC(F)F)CC3)CC2)cc1.O=[N+]([O-])c1ccc(N2CCC3(CCNCC3)CC2)cc1. The monoisotopic (exact) mass is 1540 g/mol. The van der Waals surface area contributed by atoms with Gasteiger partial charge in [-0.3, -0.25) is 39.7 Å². The third-order valence-corrected chi connectivity index (χ3v) is 25.1. The molecular weight excluding hydrogens is 1430 g/mol. The summed E-state index contributed by atoms with van der Waals surface area (Å²) in [5.41, 5.74) is 13.0. The van der Waals surface area contributed by atoms with Crippen molar-refractivity contribution in [3.8, 4) is 5.82 Å². The lowest BCUT2D eigenvalue weighted by Gasteiger charge is -2.47. The number of fused-ring (bicyclic) bond motifs is 1. The van der Waals surface area contributed by atoms with E-state index in [1.807, 2.05) is 51.1 Å². The molecule has 5 N–H and O–H groups in total. The number of nitrogens with zero attached hydrogens (tertiary/aromatic N) is 14. The molecule has 15 rings (SSSR count). The van der Waals surface area contributed by atoms with E-state index in [1.54, 1.807) is 79.2 Å². The number of aromatic nitrogens is 5. The Kier molecular flexibility index (Phi) is 26.7. The van der Waals surface area contributed by atoms with Crippen molar-refractivity contribution < 1.29 is 41.3 Å². The molecule has 29 heteroatoms. The normalized spacial score (nSPS) is 20.0. The number of piperidine rings is 8. The van der Waals surface area contributed by atoms with Gasteiger partial charge in [-0.15, -0.1) is 6.58 Å².